The number of anilines is 2. The Kier molecular flexibility index (Phi) is 4.44. The van der Waals surface area contributed by atoms with Gasteiger partial charge in [-0.1, -0.05) is 11.3 Å². The molecule has 7 heteroatoms. The second-order valence-corrected chi connectivity index (χ2v) is 9.74. The number of thiazole rings is 1. The third-order valence-electron chi connectivity index (χ3n) is 3.04. The molecule has 1 aromatic rings. The summed E-state index contributed by atoms with van der Waals surface area (Å²) in [5.74, 6) is 1.29. The van der Waals surface area contributed by atoms with Crippen molar-refractivity contribution in [3.05, 3.63) is 4.88 Å². The number of thioether (sulfide) groups is 1. The zero-order valence-electron chi connectivity index (χ0n) is 13.3. The van der Waals surface area contributed by atoms with Crippen molar-refractivity contribution < 1.29 is 4.79 Å². The number of carbonyl (C=O) groups is 1. The SMILES string of the molecule is CC(C)(C)Nc1nc(N)c(C(=O)N2CCSC(C)(C)C2)s1. The lowest BCUT2D eigenvalue weighted by atomic mass is 10.1. The molecule has 0 saturated carbocycles. The lowest BCUT2D eigenvalue weighted by Crippen LogP contribution is -2.46. The van der Waals surface area contributed by atoms with E-state index < -0.39 is 0 Å². The summed E-state index contributed by atoms with van der Waals surface area (Å²) in [6.07, 6.45) is 0. The lowest BCUT2D eigenvalue weighted by Gasteiger charge is -2.37. The summed E-state index contributed by atoms with van der Waals surface area (Å²) in [4.78, 5) is 19.4. The predicted molar refractivity (Wildman–Crippen MR) is 92.3 cm³/mol. The Morgan fingerprint density at radius 1 is 1.43 bits per heavy atom. The molecule has 21 heavy (non-hydrogen) atoms. The second-order valence-electron chi connectivity index (χ2n) is 6.94. The van der Waals surface area contributed by atoms with Crippen LogP contribution in [-0.4, -0.2) is 44.9 Å². The van der Waals surface area contributed by atoms with Crippen molar-refractivity contribution in [2.45, 2.75) is 44.9 Å². The Labute approximate surface area is 134 Å². The summed E-state index contributed by atoms with van der Waals surface area (Å²) in [5, 5.41) is 3.97. The molecule has 0 bridgehead atoms. The van der Waals surface area contributed by atoms with Crippen LogP contribution in [0.1, 0.15) is 44.3 Å². The minimum absolute atomic E-state index is 0.000309. The molecule has 0 radical (unpaired) electrons. The fraction of sp³-hybridized carbons (Fsp3) is 0.714. The molecule has 1 saturated heterocycles. The molecule has 2 rings (SSSR count). The third kappa shape index (κ3) is 4.26. The van der Waals surface area contributed by atoms with Gasteiger partial charge in [-0.25, -0.2) is 4.98 Å². The van der Waals surface area contributed by atoms with Gasteiger partial charge in [0.15, 0.2) is 5.13 Å². The van der Waals surface area contributed by atoms with Crippen molar-refractivity contribution in [3.63, 3.8) is 0 Å². The van der Waals surface area contributed by atoms with Gasteiger partial charge in [-0.2, -0.15) is 11.8 Å². The smallest absolute Gasteiger partial charge is 0.267 e. The number of nitrogens with two attached hydrogens (primary N) is 1. The van der Waals surface area contributed by atoms with E-state index in [4.69, 9.17) is 5.73 Å². The van der Waals surface area contributed by atoms with Crippen LogP contribution in [0.25, 0.3) is 0 Å². The highest BCUT2D eigenvalue weighted by atomic mass is 32.2. The van der Waals surface area contributed by atoms with Gasteiger partial charge in [0.25, 0.3) is 5.91 Å². The largest absolute Gasteiger partial charge is 0.382 e. The average Bonchev–Trinajstić information content (AvgIpc) is 2.65. The molecule has 0 aliphatic carbocycles. The summed E-state index contributed by atoms with van der Waals surface area (Å²) >= 11 is 3.25. The molecule has 2 heterocycles. The summed E-state index contributed by atoms with van der Waals surface area (Å²) in [5.41, 5.74) is 5.84. The van der Waals surface area contributed by atoms with E-state index in [9.17, 15) is 4.79 Å². The van der Waals surface area contributed by atoms with Crippen molar-refractivity contribution in [3.8, 4) is 0 Å². The molecule has 1 aliphatic rings. The van der Waals surface area contributed by atoms with E-state index in [2.05, 4.69) is 44.9 Å². The first kappa shape index (κ1) is 16.4. The zero-order valence-corrected chi connectivity index (χ0v) is 15.0. The van der Waals surface area contributed by atoms with E-state index in [1.54, 1.807) is 0 Å². The number of amides is 1. The zero-order chi connectivity index (χ0) is 15.8. The molecule has 0 spiro atoms. The minimum Gasteiger partial charge on any atom is -0.382 e. The first-order chi connectivity index (χ1) is 9.57. The molecule has 0 atom stereocenters. The van der Waals surface area contributed by atoms with Crippen LogP contribution in [0.5, 0.6) is 0 Å². The lowest BCUT2D eigenvalue weighted by molar-refractivity contribution is 0.0753. The quantitative estimate of drug-likeness (QED) is 0.873. The molecular formula is C14H24N4OS2. The molecule has 0 aromatic carbocycles. The van der Waals surface area contributed by atoms with Crippen molar-refractivity contribution in [2.75, 3.05) is 29.9 Å². The van der Waals surface area contributed by atoms with E-state index >= 15 is 0 Å². The van der Waals surface area contributed by atoms with Gasteiger partial charge < -0.3 is 16.0 Å². The van der Waals surface area contributed by atoms with Gasteiger partial charge in [0.1, 0.15) is 10.7 Å². The maximum Gasteiger partial charge on any atom is 0.267 e. The van der Waals surface area contributed by atoms with E-state index in [1.807, 2.05) is 16.7 Å². The van der Waals surface area contributed by atoms with Crippen molar-refractivity contribution in [1.82, 2.24) is 9.88 Å². The standard InChI is InChI=1S/C14H24N4OS2/c1-13(2,3)17-12-16-10(15)9(21-12)11(19)18-6-7-20-14(4,5)8-18/h6-8,15H2,1-5H3,(H,16,17). The molecule has 5 nitrogen and oxygen atoms in total. The van der Waals surface area contributed by atoms with Gasteiger partial charge in [-0.05, 0) is 34.6 Å². The third-order valence-corrected chi connectivity index (χ3v) is 5.31. The normalized spacial score (nSPS) is 18.6. The minimum atomic E-state index is -0.103. The number of nitrogens with one attached hydrogen (secondary N) is 1. The van der Waals surface area contributed by atoms with Crippen LogP contribution in [0.4, 0.5) is 10.9 Å². The van der Waals surface area contributed by atoms with Gasteiger partial charge >= 0.3 is 0 Å². The van der Waals surface area contributed by atoms with Crippen LogP contribution in [0.3, 0.4) is 0 Å². The average molecular weight is 329 g/mol. The number of hydrogen-bond acceptors (Lipinski definition) is 6. The number of hydrogen-bond donors (Lipinski definition) is 2. The van der Waals surface area contributed by atoms with E-state index in [-0.39, 0.29) is 16.2 Å². The topological polar surface area (TPSA) is 71.2 Å². The van der Waals surface area contributed by atoms with Crippen molar-refractivity contribution >= 4 is 40.0 Å². The van der Waals surface area contributed by atoms with Gasteiger partial charge in [-0.15, -0.1) is 0 Å². The highest BCUT2D eigenvalue weighted by molar-refractivity contribution is 8.00. The molecule has 118 valence electrons. The Hall–Kier alpha value is -0.950. The van der Waals surface area contributed by atoms with E-state index in [0.29, 0.717) is 15.8 Å². The number of aromatic nitrogens is 1. The van der Waals surface area contributed by atoms with Crippen LogP contribution >= 0.6 is 23.1 Å². The van der Waals surface area contributed by atoms with Crippen molar-refractivity contribution in [1.29, 1.82) is 0 Å². The summed E-state index contributed by atoms with van der Waals surface area (Å²) in [6, 6.07) is 0. The Bertz CT molecular complexity index is 534. The van der Waals surface area contributed by atoms with Crippen LogP contribution in [0, 0.1) is 0 Å². The second kappa shape index (κ2) is 5.68. The van der Waals surface area contributed by atoms with Gasteiger partial charge in [-0.3, -0.25) is 4.79 Å². The first-order valence-electron chi connectivity index (χ1n) is 7.05. The van der Waals surface area contributed by atoms with E-state index in [1.165, 1.54) is 11.3 Å². The van der Waals surface area contributed by atoms with Crippen molar-refractivity contribution in [2.24, 2.45) is 0 Å². The number of nitrogen functional groups attached to an aromatic ring is 1. The maximum atomic E-state index is 12.7. The van der Waals surface area contributed by atoms with Crippen LogP contribution in [0.2, 0.25) is 0 Å². The number of nitrogens with zero attached hydrogens (tertiary/aromatic N) is 2. The molecule has 1 fully saturated rings. The Morgan fingerprint density at radius 3 is 2.67 bits per heavy atom. The highest BCUT2D eigenvalue weighted by Crippen LogP contribution is 2.33. The molecule has 3 N–H and O–H groups in total. The fourth-order valence-electron chi connectivity index (χ4n) is 2.19. The fourth-order valence-corrected chi connectivity index (χ4v) is 4.37. The predicted octanol–water partition coefficient (Wildman–Crippen LogP) is 2.90. The number of rotatable bonds is 2. The first-order valence-corrected chi connectivity index (χ1v) is 8.85. The van der Waals surface area contributed by atoms with E-state index in [0.717, 1.165) is 18.8 Å². The van der Waals surface area contributed by atoms with Gasteiger partial charge in [0.05, 0.1) is 0 Å². The molecular weight excluding hydrogens is 304 g/mol. The monoisotopic (exact) mass is 328 g/mol. The van der Waals surface area contributed by atoms with Crippen LogP contribution in [0.15, 0.2) is 0 Å². The summed E-state index contributed by atoms with van der Waals surface area (Å²) < 4.78 is 0.0971. The molecule has 1 aromatic heterocycles. The van der Waals surface area contributed by atoms with Crippen LogP contribution in [-0.2, 0) is 0 Å². The Morgan fingerprint density at radius 2 is 2.10 bits per heavy atom. The van der Waals surface area contributed by atoms with Gasteiger partial charge in [0.2, 0.25) is 0 Å². The maximum absolute atomic E-state index is 12.7. The molecule has 0 unspecified atom stereocenters. The highest BCUT2D eigenvalue weighted by Gasteiger charge is 2.32. The molecule has 1 amide bonds. The number of carbonyl (C=O) groups excluding carboxylic acids is 1. The van der Waals surface area contributed by atoms with Gasteiger partial charge in [0, 0.05) is 29.1 Å². The molecule has 1 aliphatic heterocycles. The summed E-state index contributed by atoms with van der Waals surface area (Å²) in [6.45, 7) is 12.0. The Balaban J connectivity index is 2.16. The van der Waals surface area contributed by atoms with Crippen LogP contribution < -0.4 is 11.1 Å². The summed E-state index contributed by atoms with van der Waals surface area (Å²) in [7, 11) is 0.